The van der Waals surface area contributed by atoms with E-state index in [1.807, 2.05) is 35.7 Å². The molecule has 0 unspecified atom stereocenters. The average Bonchev–Trinajstić information content (AvgIpc) is 2.63. The van der Waals surface area contributed by atoms with Gasteiger partial charge >= 0.3 is 0 Å². The number of nitrogens with zero attached hydrogens (tertiary/aromatic N) is 3. The van der Waals surface area contributed by atoms with E-state index in [-0.39, 0.29) is 0 Å². The van der Waals surface area contributed by atoms with E-state index >= 15 is 0 Å². The van der Waals surface area contributed by atoms with Gasteiger partial charge in [0, 0.05) is 6.20 Å². The van der Waals surface area contributed by atoms with Crippen molar-refractivity contribution in [1.29, 1.82) is 0 Å². The topological polar surface area (TPSA) is 30.2 Å². The Hall–Kier alpha value is -1.47. The van der Waals surface area contributed by atoms with E-state index in [0.29, 0.717) is 0 Å². The van der Waals surface area contributed by atoms with E-state index in [4.69, 9.17) is 0 Å². The zero-order valence-corrected chi connectivity index (χ0v) is 8.58. The van der Waals surface area contributed by atoms with Crippen molar-refractivity contribution in [3.63, 3.8) is 0 Å². The number of pyridine rings is 1. The summed E-state index contributed by atoms with van der Waals surface area (Å²) < 4.78 is 1.96. The van der Waals surface area contributed by atoms with E-state index in [1.54, 1.807) is 11.8 Å². The normalized spacial score (nSPS) is 9.79. The molecule has 0 amide bonds. The molecule has 0 N–H and O–H groups in total. The van der Waals surface area contributed by atoms with E-state index in [2.05, 4.69) is 22.0 Å². The Labute approximate surface area is 86.5 Å². The number of aromatic nitrogens is 3. The third-order valence-electron chi connectivity index (χ3n) is 1.73. The standard InChI is InChI=1S/C10H9N3S/c1-2-3-8-14-10-12-11-9-6-4-5-7-13(9)10/h4-7H,8H2,1H3. The van der Waals surface area contributed by atoms with Crippen molar-refractivity contribution in [2.75, 3.05) is 5.75 Å². The number of rotatable bonds is 2. The highest BCUT2D eigenvalue weighted by Gasteiger charge is 2.02. The first-order chi connectivity index (χ1) is 6.92. The Morgan fingerprint density at radius 3 is 3.21 bits per heavy atom. The lowest BCUT2D eigenvalue weighted by Gasteiger charge is -1.94. The van der Waals surface area contributed by atoms with Gasteiger partial charge < -0.3 is 0 Å². The lowest BCUT2D eigenvalue weighted by molar-refractivity contribution is 0.923. The molecule has 0 spiro atoms. The Morgan fingerprint density at radius 2 is 2.36 bits per heavy atom. The molecule has 2 rings (SSSR count). The van der Waals surface area contributed by atoms with Gasteiger partial charge in [0.25, 0.3) is 0 Å². The smallest absolute Gasteiger partial charge is 0.196 e. The Bertz CT molecular complexity index is 493. The fourth-order valence-electron chi connectivity index (χ4n) is 1.09. The third-order valence-corrected chi connectivity index (χ3v) is 2.56. The molecule has 0 atom stereocenters. The van der Waals surface area contributed by atoms with Crippen LogP contribution in [0, 0.1) is 11.8 Å². The zero-order valence-electron chi connectivity index (χ0n) is 7.77. The minimum atomic E-state index is 0.756. The first-order valence-electron chi connectivity index (χ1n) is 4.24. The minimum absolute atomic E-state index is 0.756. The van der Waals surface area contributed by atoms with Crippen molar-refractivity contribution in [1.82, 2.24) is 14.6 Å². The van der Waals surface area contributed by atoms with E-state index in [9.17, 15) is 0 Å². The summed E-state index contributed by atoms with van der Waals surface area (Å²) in [5, 5.41) is 9.01. The zero-order chi connectivity index (χ0) is 9.80. The highest BCUT2D eigenvalue weighted by Crippen LogP contribution is 2.15. The molecule has 0 bridgehead atoms. The summed E-state index contributed by atoms with van der Waals surface area (Å²) in [5.74, 6) is 6.59. The molecule has 14 heavy (non-hydrogen) atoms. The summed E-state index contributed by atoms with van der Waals surface area (Å²) in [6, 6.07) is 5.85. The fraction of sp³-hybridized carbons (Fsp3) is 0.200. The molecule has 0 aromatic carbocycles. The van der Waals surface area contributed by atoms with Crippen LogP contribution in [0.2, 0.25) is 0 Å². The summed E-state index contributed by atoms with van der Waals surface area (Å²) >= 11 is 1.60. The molecular weight excluding hydrogens is 194 g/mol. The molecule has 2 aromatic heterocycles. The van der Waals surface area contributed by atoms with Crippen molar-refractivity contribution < 1.29 is 0 Å². The van der Waals surface area contributed by atoms with Crippen LogP contribution in [0.25, 0.3) is 5.65 Å². The summed E-state index contributed by atoms with van der Waals surface area (Å²) in [7, 11) is 0. The Kier molecular flexibility index (Phi) is 2.70. The highest BCUT2D eigenvalue weighted by atomic mass is 32.2. The number of hydrogen-bond donors (Lipinski definition) is 0. The van der Waals surface area contributed by atoms with Crippen LogP contribution in [0.1, 0.15) is 6.92 Å². The number of fused-ring (bicyclic) bond motifs is 1. The molecule has 0 saturated heterocycles. The second-order valence-corrected chi connectivity index (χ2v) is 3.57. The van der Waals surface area contributed by atoms with Gasteiger partial charge in [0.05, 0.1) is 5.75 Å². The predicted molar refractivity (Wildman–Crippen MR) is 57.2 cm³/mol. The van der Waals surface area contributed by atoms with E-state index < -0.39 is 0 Å². The van der Waals surface area contributed by atoms with Gasteiger partial charge in [0.15, 0.2) is 10.8 Å². The van der Waals surface area contributed by atoms with E-state index in [0.717, 1.165) is 16.6 Å². The van der Waals surface area contributed by atoms with E-state index in [1.165, 1.54) is 0 Å². The first-order valence-corrected chi connectivity index (χ1v) is 5.22. The molecule has 0 fully saturated rings. The van der Waals surface area contributed by atoms with Gasteiger partial charge in [0.1, 0.15) is 0 Å². The Morgan fingerprint density at radius 1 is 1.43 bits per heavy atom. The van der Waals surface area contributed by atoms with Crippen molar-refractivity contribution >= 4 is 17.4 Å². The molecule has 0 aliphatic heterocycles. The molecule has 3 nitrogen and oxygen atoms in total. The summed E-state index contributed by atoms with van der Waals surface area (Å²) in [6.07, 6.45) is 1.96. The Balaban J connectivity index is 2.28. The van der Waals surface area contributed by atoms with Crippen molar-refractivity contribution in [2.24, 2.45) is 0 Å². The molecule has 2 aromatic rings. The SMILES string of the molecule is CC#CCSc1nnc2ccccn12. The summed E-state index contributed by atoms with van der Waals surface area (Å²) in [4.78, 5) is 0. The minimum Gasteiger partial charge on any atom is -0.277 e. The summed E-state index contributed by atoms with van der Waals surface area (Å²) in [6.45, 7) is 1.84. The van der Waals surface area contributed by atoms with Gasteiger partial charge in [-0.25, -0.2) is 0 Å². The van der Waals surface area contributed by atoms with Crippen LogP contribution >= 0.6 is 11.8 Å². The quantitative estimate of drug-likeness (QED) is 0.551. The van der Waals surface area contributed by atoms with Crippen LogP contribution in [0.15, 0.2) is 29.6 Å². The van der Waals surface area contributed by atoms with Gasteiger partial charge in [-0.3, -0.25) is 4.40 Å². The molecule has 4 heteroatoms. The maximum Gasteiger partial charge on any atom is 0.196 e. The predicted octanol–water partition coefficient (Wildman–Crippen LogP) is 1.84. The third kappa shape index (κ3) is 1.73. The fourth-order valence-corrected chi connectivity index (χ4v) is 1.83. The molecule has 70 valence electrons. The van der Waals surface area contributed by atoms with Gasteiger partial charge in [-0.1, -0.05) is 23.7 Å². The monoisotopic (exact) mass is 203 g/mol. The van der Waals surface area contributed by atoms with Gasteiger partial charge in [-0.2, -0.15) is 0 Å². The second kappa shape index (κ2) is 4.16. The maximum absolute atomic E-state index is 4.08. The molecule has 0 aliphatic carbocycles. The van der Waals surface area contributed by atoms with Gasteiger partial charge in [-0.05, 0) is 19.1 Å². The van der Waals surface area contributed by atoms with Crippen LogP contribution in [-0.2, 0) is 0 Å². The van der Waals surface area contributed by atoms with Crippen LogP contribution in [0.5, 0.6) is 0 Å². The average molecular weight is 203 g/mol. The van der Waals surface area contributed by atoms with Gasteiger partial charge in [-0.15, -0.1) is 16.1 Å². The number of hydrogen-bond acceptors (Lipinski definition) is 3. The molecular formula is C10H9N3S. The van der Waals surface area contributed by atoms with Crippen molar-refractivity contribution in [3.05, 3.63) is 24.4 Å². The molecule has 0 radical (unpaired) electrons. The maximum atomic E-state index is 4.08. The lowest BCUT2D eigenvalue weighted by Crippen LogP contribution is -1.86. The van der Waals surface area contributed by atoms with Gasteiger partial charge in [0.2, 0.25) is 0 Å². The molecule has 2 heterocycles. The van der Waals surface area contributed by atoms with Crippen LogP contribution in [0.4, 0.5) is 0 Å². The lowest BCUT2D eigenvalue weighted by atomic mass is 10.5. The highest BCUT2D eigenvalue weighted by molar-refractivity contribution is 7.99. The van der Waals surface area contributed by atoms with Crippen molar-refractivity contribution in [3.8, 4) is 11.8 Å². The second-order valence-electron chi connectivity index (χ2n) is 2.63. The first kappa shape index (κ1) is 9.10. The van der Waals surface area contributed by atoms with Crippen LogP contribution in [-0.4, -0.2) is 20.4 Å². The van der Waals surface area contributed by atoms with Crippen LogP contribution in [0.3, 0.4) is 0 Å². The van der Waals surface area contributed by atoms with Crippen LogP contribution < -0.4 is 0 Å². The number of thioether (sulfide) groups is 1. The largest absolute Gasteiger partial charge is 0.277 e. The van der Waals surface area contributed by atoms with Crippen molar-refractivity contribution in [2.45, 2.75) is 12.1 Å². The molecule has 0 saturated carbocycles. The summed E-state index contributed by atoms with van der Waals surface area (Å²) in [5.41, 5.74) is 0.874. The molecule has 0 aliphatic rings.